The Kier molecular flexibility index (Phi) is 9.19. The summed E-state index contributed by atoms with van der Waals surface area (Å²) in [6.07, 6.45) is 20.8. The molecule has 5 rings (SSSR count). The number of benzene rings is 2. The Bertz CT molecular complexity index is 1180. The van der Waals surface area contributed by atoms with Crippen molar-refractivity contribution in [1.29, 1.82) is 0 Å². The molecule has 2 aromatic rings. The average molecular weight is 541 g/mol. The van der Waals surface area contributed by atoms with E-state index in [2.05, 4.69) is 6.92 Å². The first-order valence-corrected chi connectivity index (χ1v) is 15.6. The van der Waals surface area contributed by atoms with E-state index in [0.29, 0.717) is 41.9 Å². The molecule has 3 aliphatic carbocycles. The Morgan fingerprint density at radius 1 is 0.692 bits per heavy atom. The molecule has 0 N–H and O–H groups in total. The van der Waals surface area contributed by atoms with E-state index in [1.807, 2.05) is 13.0 Å². The lowest BCUT2D eigenvalue weighted by Crippen LogP contribution is -2.25. The molecule has 0 nitrogen and oxygen atoms in total. The number of hydrogen-bond donors (Lipinski definition) is 0. The van der Waals surface area contributed by atoms with Gasteiger partial charge in [0.25, 0.3) is 0 Å². The van der Waals surface area contributed by atoms with E-state index in [1.54, 1.807) is 18.2 Å². The van der Waals surface area contributed by atoms with Crippen molar-refractivity contribution < 1.29 is 17.6 Å². The summed E-state index contributed by atoms with van der Waals surface area (Å²) in [5.74, 6) is -1.04. The fourth-order valence-electron chi connectivity index (χ4n) is 7.72. The highest BCUT2D eigenvalue weighted by atomic mass is 19.2. The van der Waals surface area contributed by atoms with Gasteiger partial charge >= 0.3 is 0 Å². The van der Waals surface area contributed by atoms with Crippen LogP contribution in [0.5, 0.6) is 0 Å². The summed E-state index contributed by atoms with van der Waals surface area (Å²) in [6.45, 7) is 4.18. The third-order valence-electron chi connectivity index (χ3n) is 9.97. The number of aryl methyl sites for hydroxylation is 1. The van der Waals surface area contributed by atoms with Crippen molar-refractivity contribution in [2.75, 3.05) is 0 Å². The molecule has 2 fully saturated rings. The molecule has 0 amide bonds. The van der Waals surface area contributed by atoms with Crippen LogP contribution in [0.25, 0.3) is 17.2 Å². The molecule has 0 bridgehead atoms. The van der Waals surface area contributed by atoms with E-state index in [4.69, 9.17) is 0 Å². The lowest BCUT2D eigenvalue weighted by Gasteiger charge is -2.37. The first-order valence-electron chi connectivity index (χ1n) is 15.6. The van der Waals surface area contributed by atoms with Gasteiger partial charge in [0.1, 0.15) is 0 Å². The first-order chi connectivity index (χ1) is 18.9. The van der Waals surface area contributed by atoms with Crippen LogP contribution in [-0.2, 0) is 12.8 Å². The van der Waals surface area contributed by atoms with Gasteiger partial charge in [-0.15, -0.1) is 0 Å². The number of hydrogen-bond acceptors (Lipinski definition) is 0. The molecule has 4 heteroatoms. The lowest BCUT2D eigenvalue weighted by atomic mass is 9.68. The van der Waals surface area contributed by atoms with Crippen molar-refractivity contribution in [3.63, 3.8) is 0 Å². The van der Waals surface area contributed by atoms with Crippen LogP contribution in [0.2, 0.25) is 0 Å². The van der Waals surface area contributed by atoms with Crippen molar-refractivity contribution in [1.82, 2.24) is 0 Å². The molecule has 0 aliphatic heterocycles. The van der Waals surface area contributed by atoms with Gasteiger partial charge in [0, 0.05) is 16.7 Å². The van der Waals surface area contributed by atoms with Crippen LogP contribution >= 0.6 is 0 Å². The average Bonchev–Trinajstić information content (AvgIpc) is 3.32. The molecule has 212 valence electrons. The van der Waals surface area contributed by atoms with Crippen LogP contribution in [0, 0.1) is 46.9 Å². The second kappa shape index (κ2) is 12.6. The topological polar surface area (TPSA) is 0 Å². The van der Waals surface area contributed by atoms with E-state index in [1.165, 1.54) is 64.2 Å². The van der Waals surface area contributed by atoms with Crippen LogP contribution < -0.4 is 0 Å². The fraction of sp³-hybridized carbons (Fsp3) is 0.600. The van der Waals surface area contributed by atoms with E-state index < -0.39 is 23.3 Å². The maximum Gasteiger partial charge on any atom is 0.167 e. The SMILES string of the molecule is CCCCCC1CCC(C2CCC(/C=C/c3cc4c(c(F)c3F)-c3c(cc(CCC)c(F)c3F)C4)CC2)CC1. The number of fused-ring (bicyclic) bond motifs is 3. The summed E-state index contributed by atoms with van der Waals surface area (Å²) < 4.78 is 59.9. The third kappa shape index (κ3) is 6.00. The van der Waals surface area contributed by atoms with Gasteiger partial charge in [0.05, 0.1) is 0 Å². The van der Waals surface area contributed by atoms with Gasteiger partial charge in [-0.1, -0.05) is 77.0 Å². The smallest absolute Gasteiger partial charge is 0.167 e. The zero-order chi connectivity index (χ0) is 27.5. The Hall–Kier alpha value is -2.10. The minimum absolute atomic E-state index is 0.109. The second-order valence-corrected chi connectivity index (χ2v) is 12.6. The lowest BCUT2D eigenvalue weighted by molar-refractivity contribution is 0.151. The van der Waals surface area contributed by atoms with E-state index in [-0.39, 0.29) is 16.7 Å². The van der Waals surface area contributed by atoms with Gasteiger partial charge in [-0.05, 0) is 97.8 Å². The molecular weight excluding hydrogens is 496 g/mol. The van der Waals surface area contributed by atoms with Gasteiger partial charge in [0.2, 0.25) is 0 Å². The highest BCUT2D eigenvalue weighted by Gasteiger charge is 2.32. The Balaban J connectivity index is 1.21. The van der Waals surface area contributed by atoms with E-state index in [0.717, 1.165) is 30.6 Å². The molecule has 0 heterocycles. The zero-order valence-electron chi connectivity index (χ0n) is 23.7. The largest absolute Gasteiger partial charge is 0.203 e. The first kappa shape index (κ1) is 28.4. The number of unbranched alkanes of at least 4 members (excludes halogenated alkanes) is 2. The van der Waals surface area contributed by atoms with Gasteiger partial charge < -0.3 is 0 Å². The van der Waals surface area contributed by atoms with Gasteiger partial charge in [0.15, 0.2) is 23.3 Å². The molecule has 0 unspecified atom stereocenters. The van der Waals surface area contributed by atoms with Crippen LogP contribution in [0.1, 0.15) is 120 Å². The molecule has 0 aromatic heterocycles. The molecular formula is C35H44F4. The summed E-state index contributed by atoms with van der Waals surface area (Å²) in [5, 5.41) is 0. The summed E-state index contributed by atoms with van der Waals surface area (Å²) in [5.41, 5.74) is 1.36. The number of rotatable bonds is 9. The summed E-state index contributed by atoms with van der Waals surface area (Å²) in [7, 11) is 0. The van der Waals surface area contributed by atoms with Gasteiger partial charge in [-0.3, -0.25) is 0 Å². The predicted molar refractivity (Wildman–Crippen MR) is 153 cm³/mol. The maximum atomic E-state index is 15.2. The molecule has 3 aliphatic rings. The highest BCUT2D eigenvalue weighted by molar-refractivity contribution is 5.80. The van der Waals surface area contributed by atoms with Crippen molar-refractivity contribution in [2.24, 2.45) is 23.7 Å². The maximum absolute atomic E-state index is 15.2. The van der Waals surface area contributed by atoms with E-state index in [9.17, 15) is 8.78 Å². The van der Waals surface area contributed by atoms with Crippen LogP contribution in [0.4, 0.5) is 17.6 Å². The quantitative estimate of drug-likeness (QED) is 0.187. The summed E-state index contributed by atoms with van der Waals surface area (Å²) in [4.78, 5) is 0. The van der Waals surface area contributed by atoms with Crippen molar-refractivity contribution in [2.45, 2.75) is 110 Å². The summed E-state index contributed by atoms with van der Waals surface area (Å²) >= 11 is 0. The number of halogens is 4. The van der Waals surface area contributed by atoms with Crippen molar-refractivity contribution in [3.05, 3.63) is 63.7 Å². The predicted octanol–water partition coefficient (Wildman–Crippen LogP) is 11.0. The molecule has 0 radical (unpaired) electrons. The van der Waals surface area contributed by atoms with Crippen molar-refractivity contribution in [3.8, 4) is 11.1 Å². The normalized spacial score (nSPS) is 24.8. The highest BCUT2D eigenvalue weighted by Crippen LogP contribution is 2.45. The molecule has 2 saturated carbocycles. The van der Waals surface area contributed by atoms with Crippen LogP contribution in [-0.4, -0.2) is 0 Å². The zero-order valence-corrected chi connectivity index (χ0v) is 23.7. The Labute approximate surface area is 232 Å². The monoisotopic (exact) mass is 540 g/mol. The van der Waals surface area contributed by atoms with Crippen molar-refractivity contribution >= 4 is 6.08 Å². The standard InChI is InChI=1S/C35H44F4/c1-3-5-6-8-22-9-14-24(15-10-22)25-16-11-23(12-17-25)13-18-27-20-29-21-28-19-26(7-4-2)32(36)34(38)30(28)31(29)35(39)33(27)37/h13,18-20,22-25H,3-12,14-17,21H2,1-2H3/b18-13+. The molecule has 0 spiro atoms. The molecule has 0 saturated heterocycles. The number of allylic oxidation sites excluding steroid dienone is 1. The van der Waals surface area contributed by atoms with E-state index >= 15 is 8.78 Å². The van der Waals surface area contributed by atoms with Gasteiger partial charge in [-0.25, -0.2) is 17.6 Å². The fourth-order valence-corrected chi connectivity index (χ4v) is 7.72. The minimum atomic E-state index is -1.07. The minimum Gasteiger partial charge on any atom is -0.203 e. The molecule has 2 aromatic carbocycles. The van der Waals surface area contributed by atoms with Crippen LogP contribution in [0.3, 0.4) is 0 Å². The molecule has 39 heavy (non-hydrogen) atoms. The Morgan fingerprint density at radius 3 is 1.95 bits per heavy atom. The summed E-state index contributed by atoms with van der Waals surface area (Å²) in [6, 6.07) is 3.26. The third-order valence-corrected chi connectivity index (χ3v) is 9.97. The second-order valence-electron chi connectivity index (χ2n) is 12.6. The Morgan fingerprint density at radius 2 is 1.31 bits per heavy atom. The van der Waals surface area contributed by atoms with Crippen LogP contribution in [0.15, 0.2) is 18.2 Å². The van der Waals surface area contributed by atoms with Gasteiger partial charge in [-0.2, -0.15) is 0 Å². The molecule has 0 atom stereocenters.